The van der Waals surface area contributed by atoms with Gasteiger partial charge in [0.25, 0.3) is 0 Å². The largest absolute Gasteiger partial charge is 0.481 e. The lowest BCUT2D eigenvalue weighted by molar-refractivity contribution is -0.137. The molecule has 5 nitrogen and oxygen atoms in total. The van der Waals surface area contributed by atoms with Crippen molar-refractivity contribution in [3.05, 3.63) is 0 Å². The molecule has 110 valence electrons. The van der Waals surface area contributed by atoms with Crippen LogP contribution in [0.1, 0.15) is 52.9 Å². The number of amides is 2. The lowest BCUT2D eigenvalue weighted by Gasteiger charge is -2.33. The summed E-state index contributed by atoms with van der Waals surface area (Å²) in [6, 6.07) is -0.326. The third-order valence-electron chi connectivity index (χ3n) is 4.00. The van der Waals surface area contributed by atoms with Gasteiger partial charge >= 0.3 is 12.0 Å². The fourth-order valence-corrected chi connectivity index (χ4v) is 2.78. The number of hydrogen-bond acceptors (Lipinski definition) is 2. The second kappa shape index (κ2) is 7.36. The summed E-state index contributed by atoms with van der Waals surface area (Å²) in [6.07, 6.45) is 3.88. The summed E-state index contributed by atoms with van der Waals surface area (Å²) in [5, 5.41) is 14.5. The highest BCUT2D eigenvalue weighted by atomic mass is 16.4. The van der Waals surface area contributed by atoms with E-state index in [4.69, 9.17) is 5.11 Å². The van der Waals surface area contributed by atoms with Crippen LogP contribution in [0.2, 0.25) is 0 Å². The Morgan fingerprint density at radius 2 is 2.00 bits per heavy atom. The van der Waals surface area contributed by atoms with E-state index in [0.717, 1.165) is 25.2 Å². The van der Waals surface area contributed by atoms with Gasteiger partial charge in [-0.2, -0.15) is 0 Å². The summed E-state index contributed by atoms with van der Waals surface area (Å²) in [5.74, 6) is 0.326. The van der Waals surface area contributed by atoms with Crippen LogP contribution < -0.4 is 10.6 Å². The van der Waals surface area contributed by atoms with E-state index >= 15 is 0 Å². The van der Waals surface area contributed by atoms with Crippen LogP contribution in [-0.4, -0.2) is 29.2 Å². The van der Waals surface area contributed by atoms with Crippen LogP contribution in [-0.2, 0) is 4.79 Å². The molecule has 4 atom stereocenters. The maximum atomic E-state index is 11.9. The monoisotopic (exact) mass is 270 g/mol. The van der Waals surface area contributed by atoms with Crippen LogP contribution >= 0.6 is 0 Å². The van der Waals surface area contributed by atoms with Crippen molar-refractivity contribution in [2.45, 2.75) is 65.0 Å². The van der Waals surface area contributed by atoms with Crippen LogP contribution in [0, 0.1) is 11.8 Å². The van der Waals surface area contributed by atoms with E-state index < -0.39 is 5.97 Å². The molecule has 1 saturated carbocycles. The fourth-order valence-electron chi connectivity index (χ4n) is 2.78. The molecule has 2 amide bonds. The molecular weight excluding hydrogens is 244 g/mol. The van der Waals surface area contributed by atoms with Gasteiger partial charge in [0.15, 0.2) is 0 Å². The molecule has 1 rings (SSSR count). The first-order valence-electron chi connectivity index (χ1n) is 7.21. The van der Waals surface area contributed by atoms with Crippen LogP contribution in [0.3, 0.4) is 0 Å². The van der Waals surface area contributed by atoms with E-state index in [2.05, 4.69) is 24.5 Å². The van der Waals surface area contributed by atoms with Crippen molar-refractivity contribution < 1.29 is 14.7 Å². The Morgan fingerprint density at radius 1 is 1.32 bits per heavy atom. The third-order valence-corrected chi connectivity index (χ3v) is 4.00. The van der Waals surface area contributed by atoms with Gasteiger partial charge in [0.2, 0.25) is 0 Å². The highest BCUT2D eigenvalue weighted by molar-refractivity contribution is 5.76. The van der Waals surface area contributed by atoms with Gasteiger partial charge in [0.05, 0.1) is 6.42 Å². The van der Waals surface area contributed by atoms with Gasteiger partial charge in [-0.05, 0) is 37.5 Å². The zero-order valence-electron chi connectivity index (χ0n) is 12.1. The standard InChI is InChI=1S/C14H26N2O3/c1-4-11(8-13(17)18)15-14(19)16-12-6-5-9(2)7-10(12)3/h9-12H,4-8H2,1-3H3,(H,17,18)(H2,15,16,19). The van der Waals surface area contributed by atoms with Crippen LogP contribution in [0.25, 0.3) is 0 Å². The van der Waals surface area contributed by atoms with E-state index in [9.17, 15) is 9.59 Å². The van der Waals surface area contributed by atoms with Crippen LogP contribution in [0.15, 0.2) is 0 Å². The Balaban J connectivity index is 2.39. The quantitative estimate of drug-likeness (QED) is 0.717. The molecule has 0 radical (unpaired) electrons. The average Bonchev–Trinajstić information content (AvgIpc) is 2.31. The number of nitrogens with one attached hydrogen (secondary N) is 2. The predicted octanol–water partition coefficient (Wildman–Crippen LogP) is 2.36. The van der Waals surface area contributed by atoms with Gasteiger partial charge < -0.3 is 15.7 Å². The summed E-state index contributed by atoms with van der Waals surface area (Å²) in [6.45, 7) is 6.28. The lowest BCUT2D eigenvalue weighted by atomic mass is 9.80. The van der Waals surface area contributed by atoms with Crippen molar-refractivity contribution in [2.75, 3.05) is 0 Å². The Morgan fingerprint density at radius 3 is 2.53 bits per heavy atom. The second-order valence-electron chi connectivity index (χ2n) is 5.82. The first-order valence-corrected chi connectivity index (χ1v) is 7.21. The molecule has 5 heteroatoms. The van der Waals surface area contributed by atoms with Gasteiger partial charge in [-0.15, -0.1) is 0 Å². The van der Waals surface area contributed by atoms with E-state index in [0.29, 0.717) is 12.3 Å². The molecule has 3 N–H and O–H groups in total. The van der Waals surface area contributed by atoms with Gasteiger partial charge in [-0.3, -0.25) is 4.79 Å². The molecule has 0 saturated heterocycles. The Hall–Kier alpha value is -1.26. The highest BCUT2D eigenvalue weighted by Crippen LogP contribution is 2.28. The number of aliphatic carboxylic acids is 1. The highest BCUT2D eigenvalue weighted by Gasteiger charge is 2.27. The minimum atomic E-state index is -0.882. The number of carbonyl (C=O) groups is 2. The molecule has 0 aromatic carbocycles. The zero-order chi connectivity index (χ0) is 14.4. The lowest BCUT2D eigenvalue weighted by Crippen LogP contribution is -2.49. The Labute approximate surface area is 115 Å². The number of carboxylic acids is 1. The minimum absolute atomic E-state index is 0.0266. The molecular formula is C14H26N2O3. The maximum Gasteiger partial charge on any atom is 0.315 e. The predicted molar refractivity (Wildman–Crippen MR) is 74.0 cm³/mol. The number of hydrogen-bond donors (Lipinski definition) is 3. The summed E-state index contributed by atoms with van der Waals surface area (Å²) in [7, 11) is 0. The third kappa shape index (κ3) is 5.49. The van der Waals surface area contributed by atoms with Crippen molar-refractivity contribution in [3.63, 3.8) is 0 Å². The van der Waals surface area contributed by atoms with Crippen LogP contribution in [0.5, 0.6) is 0 Å². The summed E-state index contributed by atoms with van der Waals surface area (Å²) in [5.41, 5.74) is 0. The van der Waals surface area contributed by atoms with Crippen molar-refractivity contribution in [1.82, 2.24) is 10.6 Å². The average molecular weight is 270 g/mol. The zero-order valence-corrected chi connectivity index (χ0v) is 12.1. The van der Waals surface area contributed by atoms with Crippen molar-refractivity contribution in [3.8, 4) is 0 Å². The van der Waals surface area contributed by atoms with E-state index in [1.54, 1.807) is 0 Å². The summed E-state index contributed by atoms with van der Waals surface area (Å²) in [4.78, 5) is 22.5. The molecule has 4 unspecified atom stereocenters. The van der Waals surface area contributed by atoms with E-state index in [1.165, 1.54) is 0 Å². The smallest absolute Gasteiger partial charge is 0.315 e. The molecule has 0 heterocycles. The molecule has 1 aliphatic rings. The summed E-state index contributed by atoms with van der Waals surface area (Å²) < 4.78 is 0. The molecule has 0 aliphatic heterocycles. The van der Waals surface area contributed by atoms with Crippen molar-refractivity contribution >= 4 is 12.0 Å². The molecule has 0 aromatic heterocycles. The van der Waals surface area contributed by atoms with Gasteiger partial charge in [-0.1, -0.05) is 20.8 Å². The maximum absolute atomic E-state index is 11.9. The number of carboxylic acid groups (broad SMARTS) is 1. The van der Waals surface area contributed by atoms with Crippen molar-refractivity contribution in [2.24, 2.45) is 11.8 Å². The number of carbonyl (C=O) groups excluding carboxylic acids is 1. The summed E-state index contributed by atoms with van der Waals surface area (Å²) >= 11 is 0. The molecule has 0 bridgehead atoms. The molecule has 1 aliphatic carbocycles. The normalized spacial score (nSPS) is 28.5. The minimum Gasteiger partial charge on any atom is -0.481 e. The fraction of sp³-hybridized carbons (Fsp3) is 0.857. The first kappa shape index (κ1) is 15.8. The van der Waals surface area contributed by atoms with E-state index in [-0.39, 0.29) is 24.5 Å². The van der Waals surface area contributed by atoms with Crippen LogP contribution in [0.4, 0.5) is 4.79 Å². The molecule has 0 spiro atoms. The van der Waals surface area contributed by atoms with Gasteiger partial charge in [0.1, 0.15) is 0 Å². The van der Waals surface area contributed by atoms with Gasteiger partial charge in [0, 0.05) is 12.1 Å². The SMILES string of the molecule is CCC(CC(=O)O)NC(=O)NC1CCC(C)CC1C. The number of rotatable bonds is 5. The van der Waals surface area contributed by atoms with E-state index in [1.807, 2.05) is 6.92 Å². The van der Waals surface area contributed by atoms with Gasteiger partial charge in [-0.25, -0.2) is 4.79 Å². The Bertz CT molecular complexity index is 320. The molecule has 1 fully saturated rings. The molecule has 19 heavy (non-hydrogen) atoms. The topological polar surface area (TPSA) is 78.4 Å². The first-order chi connectivity index (χ1) is 8.92. The second-order valence-corrected chi connectivity index (χ2v) is 5.82. The molecule has 0 aromatic rings. The number of urea groups is 1. The van der Waals surface area contributed by atoms with Crippen molar-refractivity contribution in [1.29, 1.82) is 0 Å². The Kier molecular flexibility index (Phi) is 6.12.